The molecule has 0 aliphatic rings. The van der Waals surface area contributed by atoms with Crippen LogP contribution in [0.5, 0.6) is 5.75 Å². The van der Waals surface area contributed by atoms with E-state index in [0.717, 1.165) is 6.20 Å². The zero-order valence-electron chi connectivity index (χ0n) is 12.0. The minimum absolute atomic E-state index is 0.111. The minimum atomic E-state index is -1.31. The molecule has 0 bridgehead atoms. The molecule has 0 aliphatic carbocycles. The van der Waals surface area contributed by atoms with E-state index >= 15 is 0 Å². The first kappa shape index (κ1) is 17.3. The number of pyridine rings is 1. The van der Waals surface area contributed by atoms with E-state index in [-0.39, 0.29) is 5.69 Å². The third-order valence-electron chi connectivity index (χ3n) is 2.65. The summed E-state index contributed by atoms with van der Waals surface area (Å²) in [6, 6.07) is 7.68. The number of nitrogens with one attached hydrogen (secondary N) is 1. The number of ether oxygens (including phenoxy) is 1. The van der Waals surface area contributed by atoms with Gasteiger partial charge in [0.1, 0.15) is 24.4 Å². The molecule has 9 nitrogen and oxygen atoms in total. The summed E-state index contributed by atoms with van der Waals surface area (Å²) in [6.07, 6.45) is 2.62. The lowest BCUT2D eigenvalue weighted by Crippen LogP contribution is -2.29. The van der Waals surface area contributed by atoms with Gasteiger partial charge in [0.05, 0.1) is 21.6 Å². The van der Waals surface area contributed by atoms with Crippen LogP contribution in [0.2, 0.25) is 0 Å². The maximum Gasteiger partial charge on any atom is 0.287 e. The van der Waals surface area contributed by atoms with E-state index in [1.165, 1.54) is 18.3 Å². The van der Waals surface area contributed by atoms with Crippen LogP contribution in [0.1, 0.15) is 5.56 Å². The van der Waals surface area contributed by atoms with Crippen LogP contribution in [0.15, 0.2) is 46.1 Å². The number of carbonyl (C=O) groups is 1. The van der Waals surface area contributed by atoms with Crippen LogP contribution in [-0.4, -0.2) is 28.7 Å². The van der Waals surface area contributed by atoms with Crippen molar-refractivity contribution in [3.05, 3.63) is 56.7 Å². The smallest absolute Gasteiger partial charge is 0.287 e. The Morgan fingerprint density at radius 3 is 2.79 bits per heavy atom. The van der Waals surface area contributed by atoms with Crippen LogP contribution in [0.4, 0.5) is 11.5 Å². The second-order valence-electron chi connectivity index (χ2n) is 4.38. The van der Waals surface area contributed by atoms with Crippen molar-refractivity contribution in [2.75, 3.05) is 12.0 Å². The summed E-state index contributed by atoms with van der Waals surface area (Å²) in [4.78, 5) is 24.2. The normalized spacial score (nSPS) is 10.5. The Morgan fingerprint density at radius 2 is 2.21 bits per heavy atom. The van der Waals surface area contributed by atoms with E-state index in [1.807, 2.05) is 0 Å². The van der Waals surface area contributed by atoms with Gasteiger partial charge in [0, 0.05) is 6.07 Å². The number of aliphatic carboxylic acids is 1. The monoisotopic (exact) mass is 393 g/mol. The summed E-state index contributed by atoms with van der Waals surface area (Å²) in [6.45, 7) is -0.542. The van der Waals surface area contributed by atoms with Crippen LogP contribution in [0.25, 0.3) is 0 Å². The van der Waals surface area contributed by atoms with E-state index in [4.69, 9.17) is 4.74 Å². The van der Waals surface area contributed by atoms with Gasteiger partial charge in [0.25, 0.3) is 5.69 Å². The summed E-state index contributed by atoms with van der Waals surface area (Å²) < 4.78 is 5.58. The summed E-state index contributed by atoms with van der Waals surface area (Å²) in [5.41, 5.74) is 3.23. The van der Waals surface area contributed by atoms with Crippen LogP contribution < -0.4 is 15.3 Å². The molecule has 10 heteroatoms. The van der Waals surface area contributed by atoms with E-state index in [1.54, 1.807) is 18.2 Å². The second kappa shape index (κ2) is 8.02. The highest BCUT2D eigenvalue weighted by Crippen LogP contribution is 2.25. The Hall–Kier alpha value is -3.01. The molecule has 24 heavy (non-hydrogen) atoms. The number of nitrogens with zero attached hydrogens (tertiary/aromatic N) is 3. The lowest BCUT2D eigenvalue weighted by Gasteiger charge is -2.08. The van der Waals surface area contributed by atoms with E-state index in [0.29, 0.717) is 21.6 Å². The lowest BCUT2D eigenvalue weighted by molar-refractivity contribution is -0.385. The summed E-state index contributed by atoms with van der Waals surface area (Å²) >= 11 is 3.26. The van der Waals surface area contributed by atoms with Gasteiger partial charge in [0.15, 0.2) is 0 Å². The molecule has 0 amide bonds. The Labute approximate surface area is 144 Å². The average Bonchev–Trinajstić information content (AvgIpc) is 2.54. The van der Waals surface area contributed by atoms with Gasteiger partial charge < -0.3 is 14.6 Å². The SMILES string of the molecule is O=C([O-])COc1ccc(/C=N\Nc2ccc([N+](=O)[O-])cn2)cc1Br. The molecule has 2 rings (SSSR count). The number of hydrazone groups is 1. The summed E-state index contributed by atoms with van der Waals surface area (Å²) in [5.74, 6) is -0.599. The van der Waals surface area contributed by atoms with Crippen LogP contribution in [0.3, 0.4) is 0 Å². The molecule has 0 radical (unpaired) electrons. The molecule has 0 saturated heterocycles. The molecule has 0 aliphatic heterocycles. The number of hydrogen-bond acceptors (Lipinski definition) is 8. The molecular weight excluding hydrogens is 384 g/mol. The molecule has 0 atom stereocenters. The Kier molecular flexibility index (Phi) is 5.79. The van der Waals surface area contributed by atoms with Crippen LogP contribution in [0, 0.1) is 10.1 Å². The van der Waals surface area contributed by atoms with Crippen molar-refractivity contribution >= 4 is 39.6 Å². The summed E-state index contributed by atoms with van der Waals surface area (Å²) in [7, 11) is 0. The van der Waals surface area contributed by atoms with Gasteiger partial charge in [-0.25, -0.2) is 4.98 Å². The Morgan fingerprint density at radius 1 is 1.42 bits per heavy atom. The highest BCUT2D eigenvalue weighted by atomic mass is 79.9. The first-order chi connectivity index (χ1) is 11.5. The first-order valence-corrected chi connectivity index (χ1v) is 7.27. The number of anilines is 1. The fraction of sp³-hybridized carbons (Fsp3) is 0.0714. The van der Waals surface area contributed by atoms with Crippen molar-refractivity contribution in [1.82, 2.24) is 4.98 Å². The third-order valence-corrected chi connectivity index (χ3v) is 3.27. The predicted octanol–water partition coefficient (Wildman–Crippen LogP) is 1.33. The van der Waals surface area contributed by atoms with Gasteiger partial charge >= 0.3 is 0 Å². The first-order valence-electron chi connectivity index (χ1n) is 6.47. The molecule has 1 aromatic heterocycles. The topological polar surface area (TPSA) is 130 Å². The van der Waals surface area contributed by atoms with Crippen molar-refractivity contribution in [2.24, 2.45) is 5.10 Å². The van der Waals surface area contributed by atoms with Gasteiger partial charge in [0.2, 0.25) is 0 Å². The molecule has 2 aromatic rings. The molecular formula is C14H10BrN4O5-. The van der Waals surface area contributed by atoms with E-state index in [9.17, 15) is 20.0 Å². The number of benzene rings is 1. The van der Waals surface area contributed by atoms with Crippen molar-refractivity contribution in [3.63, 3.8) is 0 Å². The number of carboxylic acids is 1. The highest BCUT2D eigenvalue weighted by molar-refractivity contribution is 9.10. The second-order valence-corrected chi connectivity index (χ2v) is 5.23. The lowest BCUT2D eigenvalue weighted by atomic mass is 10.2. The molecule has 1 heterocycles. The maximum absolute atomic E-state index is 10.5. The number of rotatable bonds is 7. The van der Waals surface area contributed by atoms with Crippen LogP contribution >= 0.6 is 15.9 Å². The zero-order chi connectivity index (χ0) is 17.5. The van der Waals surface area contributed by atoms with Gasteiger partial charge in [-0.3, -0.25) is 15.5 Å². The third kappa shape index (κ3) is 5.02. The molecule has 1 N–H and O–H groups in total. The van der Waals surface area contributed by atoms with Crippen LogP contribution in [-0.2, 0) is 4.79 Å². The average molecular weight is 394 g/mol. The number of carboxylic acid groups (broad SMARTS) is 1. The zero-order valence-corrected chi connectivity index (χ0v) is 13.6. The quantitative estimate of drug-likeness (QED) is 0.426. The Bertz CT molecular complexity index is 779. The fourth-order valence-electron chi connectivity index (χ4n) is 1.58. The van der Waals surface area contributed by atoms with Crippen molar-refractivity contribution in [1.29, 1.82) is 0 Å². The van der Waals surface area contributed by atoms with Gasteiger partial charge in [-0.15, -0.1) is 0 Å². The molecule has 0 fully saturated rings. The molecule has 1 aromatic carbocycles. The molecule has 124 valence electrons. The number of nitro groups is 1. The maximum atomic E-state index is 10.5. The van der Waals surface area contributed by atoms with E-state index < -0.39 is 17.5 Å². The van der Waals surface area contributed by atoms with E-state index in [2.05, 4.69) is 31.4 Å². The van der Waals surface area contributed by atoms with Crippen molar-refractivity contribution in [2.45, 2.75) is 0 Å². The van der Waals surface area contributed by atoms with Gasteiger partial charge in [-0.2, -0.15) is 5.10 Å². The minimum Gasteiger partial charge on any atom is -0.546 e. The highest BCUT2D eigenvalue weighted by Gasteiger charge is 2.04. The number of hydrogen-bond donors (Lipinski definition) is 1. The van der Waals surface area contributed by atoms with Crippen molar-refractivity contribution in [3.8, 4) is 5.75 Å². The molecule has 0 unspecified atom stereocenters. The number of aromatic nitrogens is 1. The molecule has 0 spiro atoms. The fourth-order valence-corrected chi connectivity index (χ4v) is 2.10. The predicted molar refractivity (Wildman–Crippen MR) is 86.8 cm³/mol. The standard InChI is InChI=1S/C14H11BrN4O5/c15-11-5-9(1-3-12(11)24-8-14(20)21)6-17-18-13-4-2-10(7-16-13)19(22)23/h1-7H,8H2,(H,16,18)(H,20,21)/p-1/b17-6-. The van der Waals surface area contributed by atoms with Gasteiger partial charge in [-0.05, 0) is 45.8 Å². The summed E-state index contributed by atoms with van der Waals surface area (Å²) in [5, 5.41) is 24.8. The molecule has 0 saturated carbocycles. The Balaban J connectivity index is 1.97. The largest absolute Gasteiger partial charge is 0.546 e. The van der Waals surface area contributed by atoms with Gasteiger partial charge in [-0.1, -0.05) is 0 Å². The van der Waals surface area contributed by atoms with Crippen molar-refractivity contribution < 1.29 is 19.6 Å². The number of carbonyl (C=O) groups excluding carboxylic acids is 1. The number of halogens is 1.